The summed E-state index contributed by atoms with van der Waals surface area (Å²) in [6.45, 7) is 8.08. The van der Waals surface area contributed by atoms with E-state index in [9.17, 15) is 4.79 Å². The van der Waals surface area contributed by atoms with Gasteiger partial charge in [-0.3, -0.25) is 4.79 Å². The topological polar surface area (TPSA) is 71.3 Å². The molecule has 6 nitrogen and oxygen atoms in total. The van der Waals surface area contributed by atoms with Gasteiger partial charge in [-0.1, -0.05) is 35.5 Å². The van der Waals surface area contributed by atoms with Crippen LogP contribution in [0, 0.1) is 0 Å². The van der Waals surface area contributed by atoms with Crippen molar-refractivity contribution >= 4 is 35.0 Å². The van der Waals surface area contributed by atoms with Crippen molar-refractivity contribution in [2.75, 3.05) is 23.7 Å². The average molecular weight is 445 g/mol. The lowest BCUT2D eigenvalue weighted by Crippen LogP contribution is -2.28. The molecule has 0 saturated carbocycles. The Morgan fingerprint density at radius 1 is 1.17 bits per heavy atom. The monoisotopic (exact) mass is 444 g/mol. The Balaban J connectivity index is 1.54. The van der Waals surface area contributed by atoms with Crippen molar-refractivity contribution in [3.8, 4) is 11.5 Å². The van der Waals surface area contributed by atoms with Crippen LogP contribution in [0.3, 0.4) is 0 Å². The summed E-state index contributed by atoms with van der Waals surface area (Å²) in [5.41, 5.74) is 2.96. The number of nitrogens with one attached hydrogen (secondary N) is 1. The molecule has 8 heteroatoms. The molecule has 2 aromatic carbocycles. The molecule has 1 N–H and O–H groups in total. The minimum atomic E-state index is -0.139. The number of carbonyl (C=O) groups is 1. The molecule has 0 unspecified atom stereocenters. The van der Waals surface area contributed by atoms with Crippen molar-refractivity contribution in [2.45, 2.75) is 32.0 Å². The first-order valence-corrected chi connectivity index (χ1v) is 11.2. The number of anilines is 1. The minimum absolute atomic E-state index is 0.115. The van der Waals surface area contributed by atoms with Crippen LogP contribution in [0.2, 0.25) is 5.02 Å². The lowest BCUT2D eigenvalue weighted by atomic mass is 10.1. The highest BCUT2D eigenvalue weighted by Crippen LogP contribution is 2.25. The van der Waals surface area contributed by atoms with Crippen molar-refractivity contribution in [1.29, 1.82) is 0 Å². The number of hydrogen-bond acceptors (Lipinski definition) is 6. The maximum Gasteiger partial charge on any atom is 0.277 e. The molecule has 0 bridgehead atoms. The number of hydrogen-bond donors (Lipinski definition) is 1. The van der Waals surface area contributed by atoms with Gasteiger partial charge in [-0.15, -0.1) is 10.2 Å². The maximum atomic E-state index is 12.3. The van der Waals surface area contributed by atoms with E-state index < -0.39 is 0 Å². The molecular formula is C22H25ClN4O2S. The molecule has 158 valence electrons. The predicted molar refractivity (Wildman–Crippen MR) is 122 cm³/mol. The van der Waals surface area contributed by atoms with Gasteiger partial charge in [0.05, 0.1) is 11.8 Å². The molecular weight excluding hydrogens is 420 g/mol. The van der Waals surface area contributed by atoms with Gasteiger partial charge in [0.15, 0.2) is 0 Å². The van der Waals surface area contributed by atoms with Gasteiger partial charge >= 0.3 is 0 Å². The number of nitrogens with zero attached hydrogens (tertiary/aromatic N) is 3. The second-order valence-electron chi connectivity index (χ2n) is 6.73. The quantitative estimate of drug-likeness (QED) is 0.457. The van der Waals surface area contributed by atoms with Gasteiger partial charge in [0.25, 0.3) is 5.22 Å². The van der Waals surface area contributed by atoms with Gasteiger partial charge < -0.3 is 14.6 Å². The molecule has 0 saturated heterocycles. The van der Waals surface area contributed by atoms with Gasteiger partial charge in [-0.05, 0) is 62.7 Å². The summed E-state index contributed by atoms with van der Waals surface area (Å²) >= 11 is 7.22. The smallest absolute Gasteiger partial charge is 0.277 e. The standard InChI is InChI=1S/C22H25ClN4O2S/c1-4-27(5-2)19-11-9-16(10-12-19)21-25-26-22(29-21)30-14-20(28)24-15(3)17-7-6-8-18(23)13-17/h6-13,15H,4-5,14H2,1-3H3,(H,24,28)/t15-/m1/s1. The van der Waals surface area contributed by atoms with Gasteiger partial charge in [0.1, 0.15) is 0 Å². The number of thioether (sulfide) groups is 1. The van der Waals surface area contributed by atoms with Crippen LogP contribution in [0.4, 0.5) is 5.69 Å². The van der Waals surface area contributed by atoms with Crippen molar-refractivity contribution in [3.05, 3.63) is 59.1 Å². The highest BCUT2D eigenvalue weighted by Gasteiger charge is 2.14. The first kappa shape index (κ1) is 22.2. The molecule has 1 amide bonds. The second-order valence-corrected chi connectivity index (χ2v) is 8.09. The number of halogens is 1. The summed E-state index contributed by atoms with van der Waals surface area (Å²) in [7, 11) is 0. The normalized spacial score (nSPS) is 11.9. The summed E-state index contributed by atoms with van der Waals surface area (Å²) in [4.78, 5) is 14.5. The first-order valence-electron chi connectivity index (χ1n) is 9.86. The van der Waals surface area contributed by atoms with Gasteiger partial charge in [0.2, 0.25) is 11.8 Å². The fourth-order valence-electron chi connectivity index (χ4n) is 3.06. The van der Waals surface area contributed by atoms with Crippen LogP contribution in [0.15, 0.2) is 58.2 Å². The Kier molecular flexibility index (Phi) is 7.76. The largest absolute Gasteiger partial charge is 0.411 e. The maximum absolute atomic E-state index is 12.3. The van der Waals surface area contributed by atoms with E-state index in [1.54, 1.807) is 6.07 Å². The van der Waals surface area contributed by atoms with Crippen LogP contribution in [0.1, 0.15) is 32.4 Å². The third-order valence-electron chi connectivity index (χ3n) is 4.70. The van der Waals surface area contributed by atoms with E-state index in [1.807, 2.05) is 49.4 Å². The SMILES string of the molecule is CCN(CC)c1ccc(-c2nnc(SCC(=O)N[C@H](C)c3cccc(Cl)c3)o2)cc1. The van der Waals surface area contributed by atoms with Crippen LogP contribution in [0.5, 0.6) is 0 Å². The summed E-state index contributed by atoms with van der Waals surface area (Å²) in [5.74, 6) is 0.514. The third kappa shape index (κ3) is 5.77. The number of rotatable bonds is 9. The number of carbonyl (C=O) groups excluding carboxylic acids is 1. The van der Waals surface area contributed by atoms with Crippen molar-refractivity contribution < 1.29 is 9.21 Å². The average Bonchev–Trinajstić information content (AvgIpc) is 3.23. The van der Waals surface area contributed by atoms with Crippen LogP contribution in [-0.4, -0.2) is 34.9 Å². The molecule has 1 atom stereocenters. The number of amides is 1. The highest BCUT2D eigenvalue weighted by atomic mass is 35.5. The second kappa shape index (κ2) is 10.5. The van der Waals surface area contributed by atoms with E-state index in [4.69, 9.17) is 16.0 Å². The molecule has 1 heterocycles. The van der Waals surface area contributed by atoms with Crippen LogP contribution in [-0.2, 0) is 4.79 Å². The van der Waals surface area contributed by atoms with Crippen LogP contribution >= 0.6 is 23.4 Å². The summed E-state index contributed by atoms with van der Waals surface area (Å²) < 4.78 is 5.71. The Labute approximate surface area is 186 Å². The highest BCUT2D eigenvalue weighted by molar-refractivity contribution is 7.99. The summed E-state index contributed by atoms with van der Waals surface area (Å²) in [6, 6.07) is 15.3. The van der Waals surface area contributed by atoms with E-state index in [0.29, 0.717) is 16.1 Å². The molecule has 3 aromatic rings. The zero-order valence-electron chi connectivity index (χ0n) is 17.3. The molecule has 0 aliphatic carbocycles. The van der Waals surface area contributed by atoms with E-state index in [2.05, 4.69) is 34.3 Å². The van der Waals surface area contributed by atoms with E-state index in [1.165, 1.54) is 11.8 Å². The number of benzene rings is 2. The fourth-order valence-corrected chi connectivity index (χ4v) is 3.83. The summed E-state index contributed by atoms with van der Waals surface area (Å²) in [5, 5.41) is 12.1. The Hall–Kier alpha value is -2.51. The lowest BCUT2D eigenvalue weighted by molar-refractivity contribution is -0.119. The number of aromatic nitrogens is 2. The van der Waals surface area contributed by atoms with Gasteiger partial charge in [-0.25, -0.2) is 0 Å². The third-order valence-corrected chi connectivity index (χ3v) is 5.76. The van der Waals surface area contributed by atoms with Crippen LogP contribution in [0.25, 0.3) is 11.5 Å². The molecule has 0 radical (unpaired) electrons. The Bertz CT molecular complexity index is 973. The van der Waals surface area contributed by atoms with Gasteiger partial charge in [0, 0.05) is 29.4 Å². The van der Waals surface area contributed by atoms with E-state index in [-0.39, 0.29) is 17.7 Å². The summed E-state index contributed by atoms with van der Waals surface area (Å²) in [6.07, 6.45) is 0. The van der Waals surface area contributed by atoms with Crippen molar-refractivity contribution in [1.82, 2.24) is 15.5 Å². The first-order chi connectivity index (χ1) is 14.5. The Morgan fingerprint density at radius 3 is 2.57 bits per heavy atom. The molecule has 0 fully saturated rings. The van der Waals surface area contributed by atoms with Crippen molar-refractivity contribution in [3.63, 3.8) is 0 Å². The zero-order chi connectivity index (χ0) is 21.5. The molecule has 3 rings (SSSR count). The zero-order valence-corrected chi connectivity index (χ0v) is 18.8. The van der Waals surface area contributed by atoms with Crippen molar-refractivity contribution in [2.24, 2.45) is 0 Å². The molecule has 1 aromatic heterocycles. The van der Waals surface area contributed by atoms with E-state index in [0.717, 1.165) is 29.9 Å². The Morgan fingerprint density at radius 2 is 1.90 bits per heavy atom. The van der Waals surface area contributed by atoms with Crippen LogP contribution < -0.4 is 10.2 Å². The van der Waals surface area contributed by atoms with E-state index >= 15 is 0 Å². The molecule has 0 spiro atoms. The van der Waals surface area contributed by atoms with Gasteiger partial charge in [-0.2, -0.15) is 0 Å². The minimum Gasteiger partial charge on any atom is -0.411 e. The lowest BCUT2D eigenvalue weighted by Gasteiger charge is -2.20. The predicted octanol–water partition coefficient (Wildman–Crippen LogP) is 5.21. The molecule has 0 aliphatic rings. The fraction of sp³-hybridized carbons (Fsp3) is 0.318. The molecule has 30 heavy (non-hydrogen) atoms. The molecule has 0 aliphatic heterocycles.